The number of urea groups is 1. The number of rotatable bonds is 6. The van der Waals surface area contributed by atoms with Gasteiger partial charge in [0.2, 0.25) is 5.91 Å². The van der Waals surface area contributed by atoms with E-state index in [1.165, 1.54) is 17.0 Å². The molecule has 2 aromatic rings. The average molecular weight is 405 g/mol. The van der Waals surface area contributed by atoms with Gasteiger partial charge in [0.1, 0.15) is 0 Å². The molecule has 8 heteroatoms. The van der Waals surface area contributed by atoms with Gasteiger partial charge in [0.25, 0.3) is 0 Å². The van der Waals surface area contributed by atoms with Crippen molar-refractivity contribution in [1.29, 1.82) is 0 Å². The predicted octanol–water partition coefficient (Wildman–Crippen LogP) is 4.40. The van der Waals surface area contributed by atoms with Gasteiger partial charge in [-0.15, -0.1) is 0 Å². The Morgan fingerprint density at radius 1 is 1.07 bits per heavy atom. The molecule has 0 unspecified atom stereocenters. The van der Waals surface area contributed by atoms with Crippen LogP contribution in [0.15, 0.2) is 48.5 Å². The molecule has 154 valence electrons. The minimum Gasteiger partial charge on any atom is -0.334 e. The molecule has 0 aliphatic heterocycles. The minimum atomic E-state index is -4.38. The molecule has 1 aliphatic rings. The number of nitrogens with zero attached hydrogens (tertiary/aromatic N) is 1. The standard InChI is InChI=1S/C21H22F3N3O2/c1-27(13-14-5-9-17(10-6-14)21(22,23)24)20(29)25-12-15-3-2-4-18(11-15)26-19(28)16-7-8-16/h2-6,9-11,16H,7-8,12-13H2,1H3,(H,25,29)(H,26,28). The fourth-order valence-electron chi connectivity index (χ4n) is 2.81. The van der Waals surface area contributed by atoms with Crippen LogP contribution in [0.1, 0.15) is 29.5 Å². The van der Waals surface area contributed by atoms with Gasteiger partial charge in [-0.3, -0.25) is 4.79 Å². The summed E-state index contributed by atoms with van der Waals surface area (Å²) < 4.78 is 37.8. The summed E-state index contributed by atoms with van der Waals surface area (Å²) in [5.41, 5.74) is 1.39. The Balaban J connectivity index is 1.50. The zero-order valence-electron chi connectivity index (χ0n) is 15.9. The molecule has 3 amide bonds. The van der Waals surface area contributed by atoms with Crippen LogP contribution in [0.4, 0.5) is 23.7 Å². The molecule has 1 aliphatic carbocycles. The van der Waals surface area contributed by atoms with Crippen molar-refractivity contribution in [2.75, 3.05) is 12.4 Å². The van der Waals surface area contributed by atoms with E-state index >= 15 is 0 Å². The number of carbonyl (C=O) groups is 2. The lowest BCUT2D eigenvalue weighted by molar-refractivity contribution is -0.137. The summed E-state index contributed by atoms with van der Waals surface area (Å²) in [4.78, 5) is 25.5. The fourth-order valence-corrected chi connectivity index (χ4v) is 2.81. The van der Waals surface area contributed by atoms with E-state index < -0.39 is 11.7 Å². The van der Waals surface area contributed by atoms with E-state index in [4.69, 9.17) is 0 Å². The van der Waals surface area contributed by atoms with Crippen LogP contribution in [0.25, 0.3) is 0 Å². The maximum atomic E-state index is 12.6. The van der Waals surface area contributed by atoms with Gasteiger partial charge in [-0.25, -0.2) is 4.79 Å². The van der Waals surface area contributed by atoms with Crippen LogP contribution in [0.3, 0.4) is 0 Å². The van der Waals surface area contributed by atoms with Gasteiger partial charge >= 0.3 is 12.2 Å². The monoisotopic (exact) mass is 405 g/mol. The first-order valence-corrected chi connectivity index (χ1v) is 9.27. The van der Waals surface area contributed by atoms with Crippen molar-refractivity contribution in [1.82, 2.24) is 10.2 Å². The van der Waals surface area contributed by atoms with Crippen molar-refractivity contribution in [3.63, 3.8) is 0 Å². The van der Waals surface area contributed by atoms with E-state index in [9.17, 15) is 22.8 Å². The molecule has 2 N–H and O–H groups in total. The fraction of sp³-hybridized carbons (Fsp3) is 0.333. The third-order valence-electron chi connectivity index (χ3n) is 4.63. The van der Waals surface area contributed by atoms with Gasteiger partial charge in [0.15, 0.2) is 0 Å². The summed E-state index contributed by atoms with van der Waals surface area (Å²) in [5, 5.41) is 5.62. The third-order valence-corrected chi connectivity index (χ3v) is 4.63. The van der Waals surface area contributed by atoms with E-state index in [1.807, 2.05) is 6.07 Å². The Labute approximate surface area is 166 Å². The molecule has 0 atom stereocenters. The van der Waals surface area contributed by atoms with Crippen LogP contribution in [-0.4, -0.2) is 23.9 Å². The van der Waals surface area contributed by atoms with Crippen molar-refractivity contribution >= 4 is 17.6 Å². The number of nitrogens with one attached hydrogen (secondary N) is 2. The highest BCUT2D eigenvalue weighted by Crippen LogP contribution is 2.30. The van der Waals surface area contributed by atoms with Gasteiger partial charge in [-0.1, -0.05) is 24.3 Å². The maximum absolute atomic E-state index is 12.6. The molecular weight excluding hydrogens is 383 g/mol. The van der Waals surface area contributed by atoms with Crippen molar-refractivity contribution in [3.05, 3.63) is 65.2 Å². The van der Waals surface area contributed by atoms with E-state index in [1.54, 1.807) is 25.2 Å². The number of hydrogen-bond donors (Lipinski definition) is 2. The van der Waals surface area contributed by atoms with Gasteiger partial charge in [0.05, 0.1) is 5.56 Å². The van der Waals surface area contributed by atoms with Crippen molar-refractivity contribution in [2.24, 2.45) is 5.92 Å². The highest BCUT2D eigenvalue weighted by Gasteiger charge is 2.30. The number of carbonyl (C=O) groups excluding carboxylic acids is 2. The molecule has 1 fully saturated rings. The first-order chi connectivity index (χ1) is 13.7. The second-order valence-electron chi connectivity index (χ2n) is 7.17. The molecule has 0 spiro atoms. The minimum absolute atomic E-state index is 0.0162. The topological polar surface area (TPSA) is 61.4 Å². The van der Waals surface area contributed by atoms with Crippen LogP contribution in [0.2, 0.25) is 0 Å². The molecule has 0 bridgehead atoms. The van der Waals surface area contributed by atoms with Crippen LogP contribution in [-0.2, 0) is 24.1 Å². The first kappa shape index (κ1) is 20.7. The van der Waals surface area contributed by atoms with E-state index in [2.05, 4.69) is 10.6 Å². The maximum Gasteiger partial charge on any atom is 0.416 e. The largest absolute Gasteiger partial charge is 0.416 e. The molecule has 29 heavy (non-hydrogen) atoms. The van der Waals surface area contributed by atoms with Crippen LogP contribution >= 0.6 is 0 Å². The number of amides is 3. The third kappa shape index (κ3) is 5.97. The molecule has 0 aromatic heterocycles. The van der Waals surface area contributed by atoms with E-state index in [0.29, 0.717) is 11.3 Å². The second kappa shape index (κ2) is 8.55. The van der Waals surface area contributed by atoms with Crippen molar-refractivity contribution < 1.29 is 22.8 Å². The molecule has 1 saturated carbocycles. The molecule has 0 saturated heterocycles. The Hall–Kier alpha value is -3.03. The molecular formula is C21H22F3N3O2. The number of halogens is 3. The van der Waals surface area contributed by atoms with Gasteiger partial charge in [-0.2, -0.15) is 13.2 Å². The lowest BCUT2D eigenvalue weighted by Crippen LogP contribution is -2.36. The molecule has 3 rings (SSSR count). The Morgan fingerprint density at radius 3 is 2.38 bits per heavy atom. The van der Waals surface area contributed by atoms with Gasteiger partial charge in [0, 0.05) is 31.7 Å². The summed E-state index contributed by atoms with van der Waals surface area (Å²) in [6.07, 6.45) is -2.53. The Morgan fingerprint density at radius 2 is 1.76 bits per heavy atom. The lowest BCUT2D eigenvalue weighted by Gasteiger charge is -2.18. The van der Waals surface area contributed by atoms with Crippen LogP contribution in [0.5, 0.6) is 0 Å². The Kier molecular flexibility index (Phi) is 6.10. The van der Waals surface area contributed by atoms with Crippen molar-refractivity contribution in [2.45, 2.75) is 32.1 Å². The quantitative estimate of drug-likeness (QED) is 0.749. The predicted molar refractivity (Wildman–Crippen MR) is 103 cm³/mol. The summed E-state index contributed by atoms with van der Waals surface area (Å²) in [6.45, 7) is 0.449. The normalized spacial score (nSPS) is 13.7. The van der Waals surface area contributed by atoms with Gasteiger partial charge < -0.3 is 15.5 Å². The number of benzene rings is 2. The van der Waals surface area contributed by atoms with E-state index in [-0.39, 0.29) is 30.9 Å². The molecule has 0 radical (unpaired) electrons. The molecule has 0 heterocycles. The van der Waals surface area contributed by atoms with E-state index in [0.717, 1.165) is 30.5 Å². The average Bonchev–Trinajstić information content (AvgIpc) is 3.51. The second-order valence-corrected chi connectivity index (χ2v) is 7.17. The van der Waals surface area contributed by atoms with Crippen LogP contribution in [0, 0.1) is 5.92 Å². The number of alkyl halides is 3. The highest BCUT2D eigenvalue weighted by molar-refractivity contribution is 5.94. The van der Waals surface area contributed by atoms with Crippen LogP contribution < -0.4 is 10.6 Å². The first-order valence-electron chi connectivity index (χ1n) is 9.27. The lowest BCUT2D eigenvalue weighted by atomic mass is 10.1. The number of hydrogen-bond acceptors (Lipinski definition) is 2. The molecule has 5 nitrogen and oxygen atoms in total. The zero-order chi connectivity index (χ0) is 21.0. The summed E-state index contributed by atoms with van der Waals surface area (Å²) in [5.74, 6) is 0.125. The van der Waals surface area contributed by atoms with Gasteiger partial charge in [-0.05, 0) is 48.2 Å². The highest BCUT2D eigenvalue weighted by atomic mass is 19.4. The van der Waals surface area contributed by atoms with Crippen molar-refractivity contribution in [3.8, 4) is 0 Å². The Bertz CT molecular complexity index is 877. The molecule has 2 aromatic carbocycles. The number of anilines is 1. The summed E-state index contributed by atoms with van der Waals surface area (Å²) in [7, 11) is 1.57. The summed E-state index contributed by atoms with van der Waals surface area (Å²) >= 11 is 0. The SMILES string of the molecule is CN(Cc1ccc(C(F)(F)F)cc1)C(=O)NCc1cccc(NC(=O)C2CC2)c1. The smallest absolute Gasteiger partial charge is 0.334 e. The summed E-state index contributed by atoms with van der Waals surface area (Å²) in [6, 6.07) is 11.6. The zero-order valence-corrected chi connectivity index (χ0v) is 15.9.